The predicted octanol–water partition coefficient (Wildman–Crippen LogP) is 1.84. The van der Waals surface area contributed by atoms with Gasteiger partial charge in [0.05, 0.1) is 5.66 Å². The Morgan fingerprint density at radius 2 is 1.73 bits per heavy atom. The second kappa shape index (κ2) is 4.73. The van der Waals surface area contributed by atoms with Gasteiger partial charge in [0.25, 0.3) is 0 Å². The highest BCUT2D eigenvalue weighted by molar-refractivity contribution is 4.82. The maximum Gasteiger partial charge on any atom is 0.0662 e. The SMILES string of the molecule is CCCC(CC)C(N)(N)CC. The maximum atomic E-state index is 5.93. The third kappa shape index (κ3) is 3.21. The number of rotatable bonds is 5. The van der Waals surface area contributed by atoms with E-state index in [0.717, 1.165) is 19.3 Å². The van der Waals surface area contributed by atoms with Crippen LogP contribution in [0.3, 0.4) is 0 Å². The fraction of sp³-hybridized carbons (Fsp3) is 1.00. The molecule has 0 amide bonds. The lowest BCUT2D eigenvalue weighted by Crippen LogP contribution is -2.54. The van der Waals surface area contributed by atoms with Crippen LogP contribution in [-0.4, -0.2) is 5.66 Å². The summed E-state index contributed by atoms with van der Waals surface area (Å²) in [5.74, 6) is 0.484. The molecule has 0 aliphatic rings. The molecule has 0 saturated heterocycles. The molecular weight excluding hydrogens is 136 g/mol. The minimum absolute atomic E-state index is 0.440. The van der Waals surface area contributed by atoms with Crippen molar-refractivity contribution in [2.24, 2.45) is 17.4 Å². The molecule has 0 aromatic heterocycles. The molecule has 0 rings (SSSR count). The van der Waals surface area contributed by atoms with E-state index in [1.165, 1.54) is 6.42 Å². The van der Waals surface area contributed by atoms with E-state index in [0.29, 0.717) is 5.92 Å². The molecule has 0 bridgehead atoms. The van der Waals surface area contributed by atoms with Crippen molar-refractivity contribution in [3.05, 3.63) is 0 Å². The van der Waals surface area contributed by atoms with Crippen LogP contribution >= 0.6 is 0 Å². The Hall–Kier alpha value is -0.0800. The van der Waals surface area contributed by atoms with Crippen LogP contribution in [0.25, 0.3) is 0 Å². The van der Waals surface area contributed by atoms with Crippen LogP contribution < -0.4 is 11.5 Å². The van der Waals surface area contributed by atoms with Gasteiger partial charge in [-0.15, -0.1) is 0 Å². The first kappa shape index (κ1) is 10.9. The molecule has 0 aliphatic heterocycles. The van der Waals surface area contributed by atoms with Crippen molar-refractivity contribution in [1.29, 1.82) is 0 Å². The fourth-order valence-corrected chi connectivity index (χ4v) is 1.49. The van der Waals surface area contributed by atoms with Crippen LogP contribution in [0.15, 0.2) is 0 Å². The Bertz CT molecular complexity index is 99.7. The van der Waals surface area contributed by atoms with E-state index >= 15 is 0 Å². The van der Waals surface area contributed by atoms with Crippen LogP contribution in [0.4, 0.5) is 0 Å². The Kier molecular flexibility index (Phi) is 4.69. The van der Waals surface area contributed by atoms with E-state index in [9.17, 15) is 0 Å². The van der Waals surface area contributed by atoms with Crippen molar-refractivity contribution in [3.63, 3.8) is 0 Å². The van der Waals surface area contributed by atoms with Gasteiger partial charge in [-0.2, -0.15) is 0 Å². The largest absolute Gasteiger partial charge is 0.313 e. The average Bonchev–Trinajstić information content (AvgIpc) is 2.00. The molecule has 0 radical (unpaired) electrons. The Morgan fingerprint density at radius 1 is 1.18 bits per heavy atom. The fourth-order valence-electron chi connectivity index (χ4n) is 1.49. The second-order valence-corrected chi connectivity index (χ2v) is 3.36. The number of nitrogens with two attached hydrogens (primary N) is 2. The van der Waals surface area contributed by atoms with Crippen LogP contribution in [0.5, 0.6) is 0 Å². The summed E-state index contributed by atoms with van der Waals surface area (Å²) in [4.78, 5) is 0. The van der Waals surface area contributed by atoms with Crippen molar-refractivity contribution >= 4 is 0 Å². The van der Waals surface area contributed by atoms with Crippen molar-refractivity contribution in [2.45, 2.75) is 52.1 Å². The summed E-state index contributed by atoms with van der Waals surface area (Å²) in [5, 5.41) is 0. The van der Waals surface area contributed by atoms with Crippen molar-refractivity contribution in [2.75, 3.05) is 0 Å². The van der Waals surface area contributed by atoms with E-state index in [4.69, 9.17) is 11.5 Å². The summed E-state index contributed by atoms with van der Waals surface area (Å²) in [7, 11) is 0. The molecule has 2 nitrogen and oxygen atoms in total. The molecule has 2 heteroatoms. The summed E-state index contributed by atoms with van der Waals surface area (Å²) < 4.78 is 0. The lowest BCUT2D eigenvalue weighted by atomic mass is 9.86. The Balaban J connectivity index is 3.99. The molecule has 0 spiro atoms. The summed E-state index contributed by atoms with van der Waals surface area (Å²) in [6.07, 6.45) is 4.28. The van der Waals surface area contributed by atoms with Gasteiger partial charge in [0, 0.05) is 0 Å². The Morgan fingerprint density at radius 3 is 2.00 bits per heavy atom. The molecule has 68 valence electrons. The van der Waals surface area contributed by atoms with Crippen molar-refractivity contribution in [3.8, 4) is 0 Å². The molecule has 1 unspecified atom stereocenters. The first-order valence-corrected chi connectivity index (χ1v) is 4.66. The summed E-state index contributed by atoms with van der Waals surface area (Å²) >= 11 is 0. The quantitative estimate of drug-likeness (QED) is 0.600. The smallest absolute Gasteiger partial charge is 0.0662 e. The van der Waals surface area contributed by atoms with Crippen molar-refractivity contribution in [1.82, 2.24) is 0 Å². The normalized spacial score (nSPS) is 15.0. The van der Waals surface area contributed by atoms with E-state index in [2.05, 4.69) is 20.8 Å². The first-order valence-electron chi connectivity index (χ1n) is 4.66. The van der Waals surface area contributed by atoms with E-state index < -0.39 is 5.66 Å². The molecule has 11 heavy (non-hydrogen) atoms. The lowest BCUT2D eigenvalue weighted by molar-refractivity contribution is 0.244. The van der Waals surface area contributed by atoms with Gasteiger partial charge in [0.1, 0.15) is 0 Å². The molecule has 1 atom stereocenters. The molecule has 0 aromatic rings. The lowest BCUT2D eigenvalue weighted by Gasteiger charge is -2.32. The number of hydrogen-bond donors (Lipinski definition) is 2. The molecule has 0 aromatic carbocycles. The van der Waals surface area contributed by atoms with Crippen LogP contribution in [0, 0.1) is 5.92 Å². The van der Waals surface area contributed by atoms with Gasteiger partial charge < -0.3 is 11.5 Å². The van der Waals surface area contributed by atoms with Gasteiger partial charge in [0.15, 0.2) is 0 Å². The summed E-state index contributed by atoms with van der Waals surface area (Å²) in [6, 6.07) is 0. The second-order valence-electron chi connectivity index (χ2n) is 3.36. The van der Waals surface area contributed by atoms with E-state index in [1.807, 2.05) is 0 Å². The van der Waals surface area contributed by atoms with E-state index in [-0.39, 0.29) is 0 Å². The van der Waals surface area contributed by atoms with Gasteiger partial charge in [-0.1, -0.05) is 33.6 Å². The van der Waals surface area contributed by atoms with Gasteiger partial charge in [-0.3, -0.25) is 0 Å². The number of hydrogen-bond acceptors (Lipinski definition) is 2. The Labute approximate surface area is 70.3 Å². The minimum Gasteiger partial charge on any atom is -0.313 e. The standard InChI is InChI=1S/C9H22N2/c1-4-7-8(5-2)9(10,11)6-3/h8H,4-7,10-11H2,1-3H3. The first-order chi connectivity index (χ1) is 5.08. The summed E-state index contributed by atoms with van der Waals surface area (Å²) in [6.45, 7) is 6.39. The molecule has 0 fully saturated rings. The zero-order valence-electron chi connectivity index (χ0n) is 8.06. The maximum absolute atomic E-state index is 5.93. The highest BCUT2D eigenvalue weighted by Gasteiger charge is 2.26. The van der Waals surface area contributed by atoms with Gasteiger partial charge in [-0.25, -0.2) is 0 Å². The van der Waals surface area contributed by atoms with Gasteiger partial charge >= 0.3 is 0 Å². The van der Waals surface area contributed by atoms with Crippen LogP contribution in [0.1, 0.15) is 46.5 Å². The molecule has 4 N–H and O–H groups in total. The predicted molar refractivity (Wildman–Crippen MR) is 50.1 cm³/mol. The van der Waals surface area contributed by atoms with Crippen molar-refractivity contribution < 1.29 is 0 Å². The zero-order chi connectivity index (χ0) is 8.91. The zero-order valence-corrected chi connectivity index (χ0v) is 8.06. The van der Waals surface area contributed by atoms with E-state index in [1.54, 1.807) is 0 Å². The van der Waals surface area contributed by atoms with Gasteiger partial charge in [0.2, 0.25) is 0 Å². The summed E-state index contributed by atoms with van der Waals surface area (Å²) in [5.41, 5.74) is 11.4. The highest BCUT2D eigenvalue weighted by atomic mass is 15.0. The molecule has 0 aliphatic carbocycles. The van der Waals surface area contributed by atoms with Crippen LogP contribution in [0.2, 0.25) is 0 Å². The average molecular weight is 158 g/mol. The minimum atomic E-state index is -0.440. The third-order valence-electron chi connectivity index (χ3n) is 2.50. The molecule has 0 saturated carbocycles. The monoisotopic (exact) mass is 158 g/mol. The van der Waals surface area contributed by atoms with Crippen LogP contribution in [-0.2, 0) is 0 Å². The van der Waals surface area contributed by atoms with Gasteiger partial charge in [-0.05, 0) is 18.8 Å². The third-order valence-corrected chi connectivity index (χ3v) is 2.50. The topological polar surface area (TPSA) is 52.0 Å². The molecule has 0 heterocycles. The highest BCUT2D eigenvalue weighted by Crippen LogP contribution is 2.21. The molecular formula is C9H22N2.